The van der Waals surface area contributed by atoms with Gasteiger partial charge in [-0.3, -0.25) is 14.5 Å². The van der Waals surface area contributed by atoms with E-state index in [0.717, 1.165) is 0 Å². The fourth-order valence-corrected chi connectivity index (χ4v) is 3.24. The zero-order valence-electron chi connectivity index (χ0n) is 14.4. The van der Waals surface area contributed by atoms with Gasteiger partial charge in [0.15, 0.2) is 0 Å². The molecule has 0 radical (unpaired) electrons. The maximum Gasteiger partial charge on any atom is 0.534 e. The quantitative estimate of drug-likeness (QED) is 0.413. The lowest BCUT2D eigenvalue weighted by atomic mass is 10.0. The molecule has 0 fully saturated rings. The number of benzene rings is 2. The van der Waals surface area contributed by atoms with Crippen molar-refractivity contribution in [3.8, 4) is 0 Å². The number of rotatable bonds is 5. The third-order valence-corrected chi connectivity index (χ3v) is 5.11. The Hall–Kier alpha value is -3.21. The van der Waals surface area contributed by atoms with Crippen LogP contribution in [-0.2, 0) is 25.5 Å². The van der Waals surface area contributed by atoms with Crippen LogP contribution in [0.4, 0.5) is 13.2 Å². The number of alkyl halides is 3. The van der Waals surface area contributed by atoms with E-state index in [1.54, 1.807) is 18.2 Å². The summed E-state index contributed by atoms with van der Waals surface area (Å²) in [7, 11) is -6.26. The fraction of sp³-hybridized carbons (Fsp3) is 0.167. The number of fused-ring (bicyclic) bond motifs is 1. The average Bonchev–Trinajstić information content (AvgIpc) is 2.90. The Morgan fingerprint density at radius 3 is 1.90 bits per heavy atom. The first-order valence-corrected chi connectivity index (χ1v) is 9.49. The van der Waals surface area contributed by atoms with Crippen molar-refractivity contribution in [2.75, 3.05) is 0 Å². The lowest BCUT2D eigenvalue weighted by Gasteiger charge is -2.24. The minimum Gasteiger partial charge on any atom is -0.337 e. The number of carbonyl (C=O) groups excluding carboxylic acids is 3. The summed E-state index contributed by atoms with van der Waals surface area (Å²) in [5.74, 6) is -3.76. The summed E-state index contributed by atoms with van der Waals surface area (Å²) >= 11 is 0. The molecule has 152 valence electrons. The second kappa shape index (κ2) is 7.32. The second-order valence-corrected chi connectivity index (χ2v) is 7.57. The van der Waals surface area contributed by atoms with Gasteiger partial charge in [-0.15, -0.1) is 0 Å². The Bertz CT molecular complexity index is 1050. The van der Waals surface area contributed by atoms with Crippen LogP contribution < -0.4 is 0 Å². The summed E-state index contributed by atoms with van der Waals surface area (Å²) in [4.78, 5) is 38.1. The van der Waals surface area contributed by atoms with Gasteiger partial charge >= 0.3 is 21.6 Å². The van der Waals surface area contributed by atoms with Crippen molar-refractivity contribution in [2.24, 2.45) is 0 Å². The molecule has 0 N–H and O–H groups in total. The molecule has 7 nitrogen and oxygen atoms in total. The maximum atomic E-state index is 12.6. The highest BCUT2D eigenvalue weighted by Crippen LogP contribution is 2.29. The van der Waals surface area contributed by atoms with Gasteiger partial charge in [-0.1, -0.05) is 42.5 Å². The molecule has 0 unspecified atom stereocenters. The van der Waals surface area contributed by atoms with Gasteiger partial charge in [-0.2, -0.15) is 21.6 Å². The van der Waals surface area contributed by atoms with Gasteiger partial charge in [0.25, 0.3) is 11.8 Å². The first kappa shape index (κ1) is 20.5. The highest BCUT2D eigenvalue weighted by Gasteiger charge is 2.52. The predicted molar refractivity (Wildman–Crippen MR) is 91.9 cm³/mol. The van der Waals surface area contributed by atoms with Gasteiger partial charge < -0.3 is 4.18 Å². The van der Waals surface area contributed by atoms with Crippen LogP contribution in [0.1, 0.15) is 26.3 Å². The lowest BCUT2D eigenvalue weighted by Crippen LogP contribution is -2.48. The van der Waals surface area contributed by atoms with E-state index in [9.17, 15) is 36.0 Å². The Kier molecular flexibility index (Phi) is 5.18. The number of halogens is 3. The lowest BCUT2D eigenvalue weighted by molar-refractivity contribution is -0.140. The van der Waals surface area contributed by atoms with Crippen molar-refractivity contribution in [1.82, 2.24) is 4.90 Å². The fourth-order valence-electron chi connectivity index (χ4n) is 2.82. The number of hydrogen-bond acceptors (Lipinski definition) is 6. The molecule has 1 aliphatic rings. The number of hydrogen-bond donors (Lipinski definition) is 0. The molecule has 2 aromatic carbocycles. The van der Waals surface area contributed by atoms with Crippen molar-refractivity contribution in [3.05, 3.63) is 71.3 Å². The monoisotopic (exact) mass is 427 g/mol. The minimum absolute atomic E-state index is 0.0537. The molecule has 0 saturated carbocycles. The van der Waals surface area contributed by atoms with E-state index in [4.69, 9.17) is 0 Å². The summed E-state index contributed by atoms with van der Waals surface area (Å²) in [6, 6.07) is 11.4. The van der Waals surface area contributed by atoms with Gasteiger partial charge in [0.05, 0.1) is 11.1 Å². The van der Waals surface area contributed by atoms with Gasteiger partial charge in [0.2, 0.25) is 0 Å². The Morgan fingerprint density at radius 1 is 0.931 bits per heavy atom. The van der Waals surface area contributed by atoms with Crippen LogP contribution >= 0.6 is 0 Å². The number of amides is 2. The molecule has 2 aromatic rings. The van der Waals surface area contributed by atoms with Crippen molar-refractivity contribution in [1.29, 1.82) is 0 Å². The molecule has 2 amide bonds. The summed E-state index contributed by atoms with van der Waals surface area (Å²) < 4.78 is 64.1. The summed E-state index contributed by atoms with van der Waals surface area (Å²) in [5, 5.41) is 0. The highest BCUT2D eigenvalue weighted by atomic mass is 32.2. The second-order valence-electron chi connectivity index (χ2n) is 6.03. The van der Waals surface area contributed by atoms with E-state index < -0.39 is 45.9 Å². The molecule has 1 aliphatic heterocycles. The first-order chi connectivity index (χ1) is 13.5. The van der Waals surface area contributed by atoms with Crippen LogP contribution in [0, 0.1) is 0 Å². The number of nitrogens with zero attached hydrogens (tertiary/aromatic N) is 1. The van der Waals surface area contributed by atoms with E-state index in [-0.39, 0.29) is 11.1 Å². The van der Waals surface area contributed by atoms with Crippen LogP contribution in [0.3, 0.4) is 0 Å². The molecule has 0 aromatic heterocycles. The molecule has 3 rings (SSSR count). The molecule has 0 saturated heterocycles. The Morgan fingerprint density at radius 2 is 1.41 bits per heavy atom. The molecule has 11 heteroatoms. The highest BCUT2D eigenvalue weighted by molar-refractivity contribution is 7.88. The molecule has 1 heterocycles. The normalized spacial score (nSPS) is 15.2. The van der Waals surface area contributed by atoms with Gasteiger partial charge in [-0.25, -0.2) is 4.79 Å². The summed E-state index contributed by atoms with van der Waals surface area (Å²) in [6.45, 7) is 0. The molecule has 29 heavy (non-hydrogen) atoms. The summed E-state index contributed by atoms with van der Waals surface area (Å²) in [5.41, 5.74) is -5.58. The van der Waals surface area contributed by atoms with Crippen LogP contribution in [-0.4, -0.2) is 42.7 Å². The number of carbonyl (C=O) groups is 3. The molecule has 0 bridgehead atoms. The van der Waals surface area contributed by atoms with Crippen molar-refractivity contribution < 1.29 is 40.2 Å². The zero-order chi connectivity index (χ0) is 21.4. The molecule has 1 atom stereocenters. The molecular formula is C18H12F3NO6S. The van der Waals surface area contributed by atoms with Crippen molar-refractivity contribution in [2.45, 2.75) is 18.0 Å². The first-order valence-electron chi connectivity index (χ1n) is 8.08. The maximum absolute atomic E-state index is 12.6. The molecule has 0 spiro atoms. The van der Waals surface area contributed by atoms with E-state index in [1.165, 1.54) is 36.4 Å². The van der Waals surface area contributed by atoms with Gasteiger partial charge in [-0.05, 0) is 17.7 Å². The van der Waals surface area contributed by atoms with Crippen molar-refractivity contribution >= 4 is 27.9 Å². The van der Waals surface area contributed by atoms with E-state index >= 15 is 0 Å². The Labute approximate surface area is 162 Å². The zero-order valence-corrected chi connectivity index (χ0v) is 15.2. The van der Waals surface area contributed by atoms with Crippen LogP contribution in [0.2, 0.25) is 0 Å². The van der Waals surface area contributed by atoms with E-state index in [2.05, 4.69) is 4.18 Å². The molecular weight excluding hydrogens is 415 g/mol. The largest absolute Gasteiger partial charge is 0.534 e. The summed E-state index contributed by atoms with van der Waals surface area (Å²) in [6.07, 6.45) is -0.432. The van der Waals surface area contributed by atoms with Gasteiger partial charge in [0, 0.05) is 6.42 Å². The van der Waals surface area contributed by atoms with Crippen LogP contribution in [0.25, 0.3) is 0 Å². The topological polar surface area (TPSA) is 97.8 Å². The molecule has 0 aliphatic carbocycles. The predicted octanol–water partition coefficient (Wildman–Crippen LogP) is 2.29. The minimum atomic E-state index is -6.26. The standard InChI is InChI=1S/C18H12F3NO6S/c19-18(20,21)29(26,27)28-17(25)14(10-11-6-2-1-3-7-11)22-15(23)12-8-4-5-9-13(12)16(22)24/h1-9,14H,10H2/t14-/m0/s1. The Balaban J connectivity index is 2.00. The third kappa shape index (κ3) is 3.86. The van der Waals surface area contributed by atoms with Crippen LogP contribution in [0.5, 0.6) is 0 Å². The van der Waals surface area contributed by atoms with E-state index in [1.807, 2.05) is 0 Å². The van der Waals surface area contributed by atoms with Crippen molar-refractivity contribution in [3.63, 3.8) is 0 Å². The smallest absolute Gasteiger partial charge is 0.337 e. The van der Waals surface area contributed by atoms with E-state index in [0.29, 0.717) is 10.5 Å². The average molecular weight is 427 g/mol. The number of imide groups is 1. The third-order valence-electron chi connectivity index (χ3n) is 4.16. The van der Waals surface area contributed by atoms with Crippen LogP contribution in [0.15, 0.2) is 54.6 Å². The van der Waals surface area contributed by atoms with Gasteiger partial charge in [0.1, 0.15) is 6.04 Å². The SMILES string of the molecule is O=C(OS(=O)(=O)C(F)(F)F)[C@H](Cc1ccccc1)N1C(=O)c2ccccc2C1=O.